The zero-order valence-electron chi connectivity index (χ0n) is 9.80. The molecule has 1 amide bonds. The number of carbonyl (C=O) groups is 1. The van der Waals surface area contributed by atoms with Crippen LogP contribution in [0.4, 0.5) is 0 Å². The number of aliphatic hydroxyl groups excluding tert-OH is 1. The Kier molecular flexibility index (Phi) is 5.35. The summed E-state index contributed by atoms with van der Waals surface area (Å²) in [7, 11) is 0. The number of carbonyl (C=O) groups excluding carboxylic acids is 1. The fourth-order valence-electron chi connectivity index (χ4n) is 1.47. The molecule has 1 unspecified atom stereocenters. The number of amides is 1. The van der Waals surface area contributed by atoms with Gasteiger partial charge in [-0.05, 0) is 18.9 Å². The molecule has 1 atom stereocenters. The minimum absolute atomic E-state index is 0.0334. The molecule has 0 spiro atoms. The van der Waals surface area contributed by atoms with Gasteiger partial charge in [0.2, 0.25) is 5.91 Å². The molecule has 6 nitrogen and oxygen atoms in total. The lowest BCUT2D eigenvalue weighted by Crippen LogP contribution is -2.39. The largest absolute Gasteiger partial charge is 0.396 e. The summed E-state index contributed by atoms with van der Waals surface area (Å²) < 4.78 is 1.24. The van der Waals surface area contributed by atoms with Crippen molar-refractivity contribution in [2.75, 3.05) is 6.61 Å². The van der Waals surface area contributed by atoms with Gasteiger partial charge in [-0.2, -0.15) is 0 Å². The van der Waals surface area contributed by atoms with Crippen LogP contribution in [0.5, 0.6) is 0 Å². The topological polar surface area (TPSA) is 84.2 Å². The molecule has 0 fully saturated rings. The van der Waals surface area contributed by atoms with Gasteiger partial charge in [0.25, 0.3) is 0 Å². The number of hydrogen-bond donors (Lipinski definition) is 2. The SMILES string of the molecule is CCC(CCO)NC(=O)Cn1cccnc1=O. The highest BCUT2D eigenvalue weighted by molar-refractivity contribution is 5.76. The van der Waals surface area contributed by atoms with Crippen molar-refractivity contribution in [1.82, 2.24) is 14.9 Å². The molecule has 0 aromatic carbocycles. The predicted octanol–water partition coefficient (Wildman–Crippen LogP) is -0.480. The molecule has 0 saturated heterocycles. The maximum absolute atomic E-state index is 11.6. The summed E-state index contributed by atoms with van der Waals surface area (Å²) >= 11 is 0. The summed E-state index contributed by atoms with van der Waals surface area (Å²) in [6.07, 6.45) is 4.16. The molecule has 0 radical (unpaired) electrons. The quantitative estimate of drug-likeness (QED) is 0.702. The highest BCUT2D eigenvalue weighted by atomic mass is 16.3. The Bertz CT molecular complexity index is 416. The lowest BCUT2D eigenvalue weighted by Gasteiger charge is -2.15. The molecule has 6 heteroatoms. The van der Waals surface area contributed by atoms with Crippen molar-refractivity contribution in [2.24, 2.45) is 0 Å². The van der Waals surface area contributed by atoms with Crippen LogP contribution in [0.2, 0.25) is 0 Å². The van der Waals surface area contributed by atoms with E-state index in [1.165, 1.54) is 17.0 Å². The fourth-order valence-corrected chi connectivity index (χ4v) is 1.47. The van der Waals surface area contributed by atoms with Crippen LogP contribution in [-0.2, 0) is 11.3 Å². The van der Waals surface area contributed by atoms with E-state index in [9.17, 15) is 9.59 Å². The number of aromatic nitrogens is 2. The predicted molar refractivity (Wildman–Crippen MR) is 62.4 cm³/mol. The van der Waals surface area contributed by atoms with Crippen LogP contribution in [0.25, 0.3) is 0 Å². The van der Waals surface area contributed by atoms with Crippen molar-refractivity contribution >= 4 is 5.91 Å². The number of nitrogens with one attached hydrogen (secondary N) is 1. The fraction of sp³-hybridized carbons (Fsp3) is 0.545. The Morgan fingerprint density at radius 3 is 3.00 bits per heavy atom. The monoisotopic (exact) mass is 239 g/mol. The van der Waals surface area contributed by atoms with Crippen molar-refractivity contribution in [1.29, 1.82) is 0 Å². The van der Waals surface area contributed by atoms with Crippen LogP contribution in [0.1, 0.15) is 19.8 Å². The molecule has 0 saturated carbocycles. The first-order valence-corrected chi connectivity index (χ1v) is 5.59. The lowest BCUT2D eigenvalue weighted by molar-refractivity contribution is -0.122. The molecule has 0 aliphatic carbocycles. The van der Waals surface area contributed by atoms with Crippen LogP contribution in [0.15, 0.2) is 23.3 Å². The molecular weight excluding hydrogens is 222 g/mol. The van der Waals surface area contributed by atoms with Gasteiger partial charge in [0.05, 0.1) is 0 Å². The van der Waals surface area contributed by atoms with Crippen LogP contribution in [0, 0.1) is 0 Å². The van der Waals surface area contributed by atoms with E-state index in [2.05, 4.69) is 10.3 Å². The number of hydrogen-bond acceptors (Lipinski definition) is 4. The zero-order valence-corrected chi connectivity index (χ0v) is 9.80. The Balaban J connectivity index is 2.55. The minimum Gasteiger partial charge on any atom is -0.396 e. The molecule has 94 valence electrons. The molecule has 0 aliphatic heterocycles. The van der Waals surface area contributed by atoms with E-state index >= 15 is 0 Å². The van der Waals surface area contributed by atoms with Gasteiger partial charge in [0, 0.05) is 25.0 Å². The minimum atomic E-state index is -0.446. The van der Waals surface area contributed by atoms with Gasteiger partial charge < -0.3 is 10.4 Å². The first-order chi connectivity index (χ1) is 8.17. The summed E-state index contributed by atoms with van der Waals surface area (Å²) in [6, 6.07) is 1.54. The van der Waals surface area contributed by atoms with E-state index in [1.807, 2.05) is 6.92 Å². The Morgan fingerprint density at radius 1 is 1.65 bits per heavy atom. The second kappa shape index (κ2) is 6.80. The molecule has 1 aromatic rings. The average Bonchev–Trinajstić information content (AvgIpc) is 2.31. The maximum atomic E-state index is 11.6. The molecule has 1 aromatic heterocycles. The van der Waals surface area contributed by atoms with Crippen molar-refractivity contribution in [2.45, 2.75) is 32.4 Å². The third kappa shape index (κ3) is 4.36. The molecule has 0 bridgehead atoms. The Hall–Kier alpha value is -1.69. The smallest absolute Gasteiger partial charge is 0.347 e. The second-order valence-corrected chi connectivity index (χ2v) is 3.72. The number of nitrogens with zero attached hydrogens (tertiary/aromatic N) is 2. The number of rotatable bonds is 6. The average molecular weight is 239 g/mol. The standard InChI is InChI=1S/C11H17N3O3/c1-2-9(4-7-15)13-10(16)8-14-6-3-5-12-11(14)17/h3,5-6,9,15H,2,4,7-8H2,1H3,(H,13,16). The first-order valence-electron chi connectivity index (χ1n) is 5.59. The summed E-state index contributed by atoms with van der Waals surface area (Å²) in [5, 5.41) is 11.6. The highest BCUT2D eigenvalue weighted by Crippen LogP contribution is 1.96. The van der Waals surface area contributed by atoms with Crippen molar-refractivity contribution in [3.8, 4) is 0 Å². The van der Waals surface area contributed by atoms with Crippen LogP contribution in [-0.4, -0.2) is 33.2 Å². The summed E-state index contributed by atoms with van der Waals surface area (Å²) in [5.41, 5.74) is -0.446. The van der Waals surface area contributed by atoms with Crippen LogP contribution >= 0.6 is 0 Å². The van der Waals surface area contributed by atoms with E-state index in [1.54, 1.807) is 6.07 Å². The number of aliphatic hydroxyl groups is 1. The van der Waals surface area contributed by atoms with E-state index in [0.717, 1.165) is 6.42 Å². The molecule has 1 rings (SSSR count). The van der Waals surface area contributed by atoms with Crippen LogP contribution in [0.3, 0.4) is 0 Å². The highest BCUT2D eigenvalue weighted by Gasteiger charge is 2.10. The first kappa shape index (κ1) is 13.4. The van der Waals surface area contributed by atoms with Gasteiger partial charge in [-0.1, -0.05) is 6.92 Å². The second-order valence-electron chi connectivity index (χ2n) is 3.72. The van der Waals surface area contributed by atoms with Gasteiger partial charge in [0.15, 0.2) is 0 Å². The van der Waals surface area contributed by atoms with E-state index in [4.69, 9.17) is 5.11 Å². The van der Waals surface area contributed by atoms with Gasteiger partial charge in [-0.15, -0.1) is 0 Å². The van der Waals surface area contributed by atoms with Gasteiger partial charge in [-0.25, -0.2) is 9.78 Å². The Labute approximate surface area is 99.3 Å². The van der Waals surface area contributed by atoms with Gasteiger partial charge >= 0.3 is 5.69 Å². The molecule has 0 aliphatic rings. The third-order valence-corrected chi connectivity index (χ3v) is 2.43. The van der Waals surface area contributed by atoms with Crippen LogP contribution < -0.4 is 11.0 Å². The molecule has 2 N–H and O–H groups in total. The Morgan fingerprint density at radius 2 is 2.41 bits per heavy atom. The normalized spacial score (nSPS) is 12.1. The van der Waals surface area contributed by atoms with E-state index in [0.29, 0.717) is 6.42 Å². The molecule has 17 heavy (non-hydrogen) atoms. The molecular formula is C11H17N3O3. The summed E-state index contributed by atoms with van der Waals surface area (Å²) in [4.78, 5) is 26.5. The van der Waals surface area contributed by atoms with Crippen molar-refractivity contribution in [3.05, 3.63) is 28.9 Å². The van der Waals surface area contributed by atoms with Gasteiger partial charge in [0.1, 0.15) is 6.54 Å². The van der Waals surface area contributed by atoms with Gasteiger partial charge in [-0.3, -0.25) is 9.36 Å². The zero-order chi connectivity index (χ0) is 12.7. The summed E-state index contributed by atoms with van der Waals surface area (Å²) in [6.45, 7) is 1.91. The molecule has 1 heterocycles. The lowest BCUT2D eigenvalue weighted by atomic mass is 10.1. The van der Waals surface area contributed by atoms with E-state index < -0.39 is 5.69 Å². The maximum Gasteiger partial charge on any atom is 0.347 e. The van der Waals surface area contributed by atoms with E-state index in [-0.39, 0.29) is 25.1 Å². The third-order valence-electron chi connectivity index (χ3n) is 2.43. The van der Waals surface area contributed by atoms with Crippen molar-refractivity contribution in [3.63, 3.8) is 0 Å². The summed E-state index contributed by atoms with van der Waals surface area (Å²) in [5.74, 6) is -0.250. The van der Waals surface area contributed by atoms with Crippen molar-refractivity contribution < 1.29 is 9.90 Å².